The Kier molecular flexibility index (Phi) is 11.9. The number of para-hydroxylation sites is 2. The minimum Gasteiger partial charge on any atom is -0.490 e. The molecule has 0 unspecified atom stereocenters. The number of nitrogens with one attached hydrogen (secondary N) is 2. The van der Waals surface area contributed by atoms with E-state index in [1.807, 2.05) is 70.5 Å². The van der Waals surface area contributed by atoms with Crippen LogP contribution in [0.5, 0.6) is 11.5 Å². The van der Waals surface area contributed by atoms with Gasteiger partial charge in [0.2, 0.25) is 0 Å². The van der Waals surface area contributed by atoms with Gasteiger partial charge in [0.25, 0.3) is 11.1 Å². The number of aromatic nitrogens is 2. The van der Waals surface area contributed by atoms with E-state index in [9.17, 15) is 47.6 Å². The summed E-state index contributed by atoms with van der Waals surface area (Å²) in [6, 6.07) is 26.2. The van der Waals surface area contributed by atoms with Gasteiger partial charge in [-0.25, -0.2) is 17.6 Å². The molecule has 0 bridgehead atoms. The molecule has 2 aliphatic carbocycles. The second kappa shape index (κ2) is 17.4. The van der Waals surface area contributed by atoms with Crippen LogP contribution in [0.4, 0.5) is 17.6 Å². The summed E-state index contributed by atoms with van der Waals surface area (Å²) < 4.78 is 68.1. The van der Waals surface area contributed by atoms with Crippen LogP contribution in [0.2, 0.25) is 0 Å². The van der Waals surface area contributed by atoms with Gasteiger partial charge in [-0.05, 0) is 84.6 Å². The zero-order valence-electron chi connectivity index (χ0n) is 34.6. The largest absolute Gasteiger partial charge is 0.490 e. The van der Waals surface area contributed by atoms with Crippen LogP contribution in [0, 0.1) is 35.1 Å². The van der Waals surface area contributed by atoms with Gasteiger partial charge < -0.3 is 39.9 Å². The van der Waals surface area contributed by atoms with E-state index in [-0.39, 0.29) is 70.1 Å². The average Bonchev–Trinajstić information content (AvgIpc) is 3.92. The van der Waals surface area contributed by atoms with Crippen molar-refractivity contribution in [3.8, 4) is 11.5 Å². The van der Waals surface area contributed by atoms with Crippen molar-refractivity contribution in [3.05, 3.63) is 152 Å². The van der Waals surface area contributed by atoms with Gasteiger partial charge in [-0.3, -0.25) is 19.4 Å². The summed E-state index contributed by atoms with van der Waals surface area (Å²) in [7, 11) is 0. The monoisotopic (exact) mass is 884 g/mol. The molecular weight excluding hydrogens is 837 g/mol. The maximum absolute atomic E-state index is 14.4. The molecule has 2 saturated carbocycles. The first-order chi connectivity index (χ1) is 30.6. The van der Waals surface area contributed by atoms with Gasteiger partial charge in [0.15, 0.2) is 11.6 Å². The molecule has 6 N–H and O–H groups in total. The number of hydrogen-bond acceptors (Lipinski definition) is 10. The molecule has 8 atom stereocenters. The molecule has 0 spiro atoms. The average molecular weight is 885 g/mol. The Morgan fingerprint density at radius 2 is 0.984 bits per heavy atom. The molecule has 0 radical (unpaired) electrons. The number of hydrogen-bond donors (Lipinski definition) is 6. The van der Waals surface area contributed by atoms with Crippen LogP contribution in [-0.4, -0.2) is 103 Å². The second-order valence-electron chi connectivity index (χ2n) is 17.8. The first kappa shape index (κ1) is 43.6. The summed E-state index contributed by atoms with van der Waals surface area (Å²) >= 11 is 0. The summed E-state index contributed by atoms with van der Waals surface area (Å²) in [5, 5.41) is 44.0. The highest BCUT2D eigenvalue weighted by atomic mass is 19.1. The number of aromatic amines is 2. The van der Waals surface area contributed by atoms with E-state index < -0.39 is 57.8 Å². The number of benzene rings is 4. The molecule has 4 fully saturated rings. The Morgan fingerprint density at radius 3 is 1.36 bits per heavy atom. The fourth-order valence-corrected chi connectivity index (χ4v) is 10.2. The quantitative estimate of drug-likeness (QED) is 0.0968. The van der Waals surface area contributed by atoms with Crippen LogP contribution in [0.1, 0.15) is 49.0 Å². The summed E-state index contributed by atoms with van der Waals surface area (Å²) in [4.78, 5) is 31.1. The predicted molar refractivity (Wildman–Crippen MR) is 229 cm³/mol. The molecule has 2 saturated heterocycles. The van der Waals surface area contributed by atoms with Gasteiger partial charge in [0, 0.05) is 74.7 Å². The van der Waals surface area contributed by atoms with Crippen molar-refractivity contribution in [2.24, 2.45) is 11.8 Å². The molecule has 16 heteroatoms. The lowest BCUT2D eigenvalue weighted by molar-refractivity contribution is 0.0172. The first-order valence-electron chi connectivity index (χ1n) is 21.3. The number of likely N-dealkylation sites (tertiary alicyclic amines) is 2. The van der Waals surface area contributed by atoms with Gasteiger partial charge in [0.05, 0.1) is 34.4 Å². The number of halogens is 4. The summed E-state index contributed by atoms with van der Waals surface area (Å²) in [6.07, 6.45) is 0.277. The zero-order valence-corrected chi connectivity index (χ0v) is 34.6. The zero-order chi connectivity index (χ0) is 44.9. The van der Waals surface area contributed by atoms with Crippen molar-refractivity contribution in [2.75, 3.05) is 39.3 Å². The van der Waals surface area contributed by atoms with E-state index >= 15 is 0 Å². The number of nitrogens with zero attached hydrogens (tertiary/aromatic N) is 2. The third-order valence-electron chi connectivity index (χ3n) is 13.2. The molecule has 4 heterocycles. The summed E-state index contributed by atoms with van der Waals surface area (Å²) in [6.45, 7) is 2.39. The standard InChI is InChI=1S/2C24H24F2N2O4/c2*25-19-7-14(6-15-8-20(26)23(30)27-22(15)19)21(29)12-28-11-16-9-18(10-24(16,31)13-28)32-17-4-2-1-3-5-17/h2*1-8,16,18,21,29,31H,9-13H2,(H,27,30)/t16-,18+,21+,24-;16-,18+,21-,24-/m11/s1. The molecule has 12 nitrogen and oxygen atoms in total. The number of ether oxygens (including phenoxy) is 2. The minimum absolute atomic E-state index is 0.0240. The summed E-state index contributed by atoms with van der Waals surface area (Å²) in [5.74, 6) is -1.87. The third kappa shape index (κ3) is 9.03. The molecule has 2 aliphatic heterocycles. The number of pyridine rings is 2. The number of aliphatic hydroxyl groups is 4. The highest BCUT2D eigenvalue weighted by Gasteiger charge is 2.54. The van der Waals surface area contributed by atoms with Crippen molar-refractivity contribution in [2.45, 2.75) is 61.3 Å². The van der Waals surface area contributed by atoms with E-state index in [0.29, 0.717) is 39.0 Å². The highest BCUT2D eigenvalue weighted by molar-refractivity contribution is 5.80. The SMILES string of the molecule is O=c1[nH]c2c(F)cc([C@@H](O)CN3C[C@H]4C[C@H](Oc5ccccc5)C[C@@]4(O)C3)cc2cc1F.O=c1[nH]c2c(F)cc([C@H](O)CN3C[C@H]4C[C@H](Oc5ccccc5)C[C@@]4(O)C3)cc2cc1F. The van der Waals surface area contributed by atoms with Crippen LogP contribution in [-0.2, 0) is 0 Å². The Labute approximate surface area is 364 Å². The fraction of sp³-hybridized carbons (Fsp3) is 0.375. The number of rotatable bonds is 10. The molecule has 2 aromatic heterocycles. The Morgan fingerprint density at radius 1 is 0.594 bits per heavy atom. The van der Waals surface area contributed by atoms with Gasteiger partial charge in [-0.15, -0.1) is 0 Å². The van der Waals surface area contributed by atoms with Gasteiger partial charge >= 0.3 is 0 Å². The minimum atomic E-state index is -1.03. The number of H-pyrrole nitrogens is 2. The predicted octanol–water partition coefficient (Wildman–Crippen LogP) is 5.49. The second-order valence-corrected chi connectivity index (χ2v) is 17.8. The molecule has 4 aromatic carbocycles. The maximum atomic E-state index is 14.4. The van der Waals surface area contributed by atoms with E-state index in [1.165, 1.54) is 12.1 Å². The summed E-state index contributed by atoms with van der Waals surface area (Å²) in [5.41, 5.74) is -3.38. The van der Waals surface area contributed by atoms with Crippen molar-refractivity contribution in [3.63, 3.8) is 0 Å². The van der Waals surface area contributed by atoms with Gasteiger partial charge in [-0.1, -0.05) is 36.4 Å². The smallest absolute Gasteiger partial charge is 0.284 e. The molecule has 10 rings (SSSR count). The Bertz CT molecular complexity index is 2590. The van der Waals surface area contributed by atoms with Crippen LogP contribution in [0.25, 0.3) is 21.8 Å². The van der Waals surface area contributed by atoms with Crippen molar-refractivity contribution in [1.82, 2.24) is 19.8 Å². The van der Waals surface area contributed by atoms with Crippen molar-refractivity contribution in [1.29, 1.82) is 0 Å². The lowest BCUT2D eigenvalue weighted by Crippen LogP contribution is -2.36. The normalized spacial score (nSPS) is 26.4. The van der Waals surface area contributed by atoms with Gasteiger partial charge in [-0.2, -0.15) is 0 Å². The van der Waals surface area contributed by atoms with Crippen LogP contribution >= 0.6 is 0 Å². The van der Waals surface area contributed by atoms with E-state index in [2.05, 4.69) is 9.97 Å². The van der Waals surface area contributed by atoms with E-state index in [0.717, 1.165) is 48.6 Å². The van der Waals surface area contributed by atoms with E-state index in [1.54, 1.807) is 0 Å². The van der Waals surface area contributed by atoms with Crippen LogP contribution < -0.4 is 20.6 Å². The molecule has 0 amide bonds. The molecule has 336 valence electrons. The van der Waals surface area contributed by atoms with Crippen molar-refractivity contribution < 1.29 is 47.5 Å². The van der Waals surface area contributed by atoms with Crippen molar-refractivity contribution >= 4 is 21.8 Å². The highest BCUT2D eigenvalue weighted by Crippen LogP contribution is 2.45. The molecule has 4 aliphatic rings. The number of aliphatic hydroxyl groups excluding tert-OH is 2. The maximum Gasteiger partial charge on any atom is 0.284 e. The van der Waals surface area contributed by atoms with E-state index in [4.69, 9.17) is 9.47 Å². The Balaban J connectivity index is 0.000000162. The van der Waals surface area contributed by atoms with Gasteiger partial charge in [0.1, 0.15) is 35.3 Å². The lowest BCUT2D eigenvalue weighted by Gasteiger charge is -2.25. The fourth-order valence-electron chi connectivity index (χ4n) is 10.2. The number of fused-ring (bicyclic) bond motifs is 4. The molecular formula is C48H48F4N4O8. The topological polar surface area (TPSA) is 172 Å². The van der Waals surface area contributed by atoms with Crippen LogP contribution in [0.3, 0.4) is 0 Å². The number of β-amino-alcohol motifs (C(OH)–C–C–N with tert-alkyl or cyclic N) is 4. The third-order valence-corrected chi connectivity index (χ3v) is 13.2. The lowest BCUT2D eigenvalue weighted by atomic mass is 9.95. The Hall–Kier alpha value is -5.62. The first-order valence-corrected chi connectivity index (χ1v) is 21.3. The molecule has 6 aromatic rings. The molecule has 64 heavy (non-hydrogen) atoms. The van der Waals surface area contributed by atoms with Crippen LogP contribution in [0.15, 0.2) is 107 Å².